The van der Waals surface area contributed by atoms with Crippen molar-refractivity contribution >= 4 is 21.9 Å². The molecule has 0 amide bonds. The van der Waals surface area contributed by atoms with Gasteiger partial charge in [-0.1, -0.05) is 35.0 Å². The third-order valence-electron chi connectivity index (χ3n) is 2.45. The minimum atomic E-state index is -0.779. The summed E-state index contributed by atoms with van der Waals surface area (Å²) in [6.45, 7) is 2.21. The molecule has 0 fully saturated rings. The number of carboxylic acid groups (broad SMARTS) is 1. The number of methoxy groups -OCH3 is 1. The van der Waals surface area contributed by atoms with Gasteiger partial charge in [0.2, 0.25) is 0 Å². The summed E-state index contributed by atoms with van der Waals surface area (Å²) in [5.41, 5.74) is 2.05. The number of ether oxygens (including phenoxy) is 1. The van der Waals surface area contributed by atoms with Crippen molar-refractivity contribution < 1.29 is 14.6 Å². The van der Waals surface area contributed by atoms with Gasteiger partial charge < -0.3 is 9.84 Å². The SMILES string of the molecule is COCc1cccc(Br)c1CC(C)C(=O)O. The Labute approximate surface area is 104 Å². The van der Waals surface area contributed by atoms with Crippen molar-refractivity contribution in [1.82, 2.24) is 0 Å². The molecule has 0 spiro atoms. The van der Waals surface area contributed by atoms with Crippen LogP contribution in [0.4, 0.5) is 0 Å². The van der Waals surface area contributed by atoms with Crippen LogP contribution >= 0.6 is 15.9 Å². The first-order valence-corrected chi connectivity index (χ1v) is 5.83. The smallest absolute Gasteiger partial charge is 0.306 e. The number of rotatable bonds is 5. The molecule has 1 atom stereocenters. The van der Waals surface area contributed by atoms with Crippen LogP contribution in [0.15, 0.2) is 22.7 Å². The summed E-state index contributed by atoms with van der Waals surface area (Å²) in [5.74, 6) is -1.17. The lowest BCUT2D eigenvalue weighted by Gasteiger charge is -2.13. The number of hydrogen-bond donors (Lipinski definition) is 1. The van der Waals surface area contributed by atoms with E-state index in [0.29, 0.717) is 13.0 Å². The fourth-order valence-electron chi connectivity index (χ4n) is 1.52. The third-order valence-corrected chi connectivity index (χ3v) is 3.19. The van der Waals surface area contributed by atoms with E-state index in [-0.39, 0.29) is 0 Å². The van der Waals surface area contributed by atoms with Crippen LogP contribution in [0.3, 0.4) is 0 Å². The summed E-state index contributed by atoms with van der Waals surface area (Å²) >= 11 is 3.45. The van der Waals surface area contributed by atoms with E-state index in [1.165, 1.54) is 0 Å². The van der Waals surface area contributed by atoms with Gasteiger partial charge in [-0.05, 0) is 23.6 Å². The highest BCUT2D eigenvalue weighted by molar-refractivity contribution is 9.10. The molecule has 88 valence electrons. The van der Waals surface area contributed by atoms with Gasteiger partial charge in [-0.2, -0.15) is 0 Å². The number of aliphatic carboxylic acids is 1. The van der Waals surface area contributed by atoms with Crippen LogP contribution in [0.25, 0.3) is 0 Å². The monoisotopic (exact) mass is 286 g/mol. The zero-order valence-corrected chi connectivity index (χ0v) is 11.0. The number of carbonyl (C=O) groups is 1. The third kappa shape index (κ3) is 3.32. The number of benzene rings is 1. The maximum absolute atomic E-state index is 10.8. The van der Waals surface area contributed by atoms with Gasteiger partial charge in [0.15, 0.2) is 0 Å². The average molecular weight is 287 g/mol. The maximum Gasteiger partial charge on any atom is 0.306 e. The summed E-state index contributed by atoms with van der Waals surface area (Å²) < 4.78 is 6.04. The molecule has 0 radical (unpaired) electrons. The van der Waals surface area contributed by atoms with Crippen LogP contribution in [-0.4, -0.2) is 18.2 Å². The highest BCUT2D eigenvalue weighted by atomic mass is 79.9. The van der Waals surface area contributed by atoms with Crippen LogP contribution in [0.2, 0.25) is 0 Å². The van der Waals surface area contributed by atoms with Gasteiger partial charge in [0.05, 0.1) is 12.5 Å². The van der Waals surface area contributed by atoms with E-state index < -0.39 is 11.9 Å². The van der Waals surface area contributed by atoms with Crippen molar-refractivity contribution in [1.29, 1.82) is 0 Å². The zero-order valence-electron chi connectivity index (χ0n) is 9.37. The van der Waals surface area contributed by atoms with Crippen molar-refractivity contribution in [2.24, 2.45) is 5.92 Å². The van der Waals surface area contributed by atoms with Crippen LogP contribution in [-0.2, 0) is 22.6 Å². The van der Waals surface area contributed by atoms with Gasteiger partial charge in [0.1, 0.15) is 0 Å². The maximum atomic E-state index is 10.8. The number of halogens is 1. The Kier molecular flexibility index (Phi) is 4.96. The summed E-state index contributed by atoms with van der Waals surface area (Å²) in [4.78, 5) is 10.8. The van der Waals surface area contributed by atoms with E-state index in [1.807, 2.05) is 18.2 Å². The predicted octanol–water partition coefficient (Wildman–Crippen LogP) is 2.86. The Bertz CT molecular complexity index is 377. The molecule has 0 heterocycles. The highest BCUT2D eigenvalue weighted by Gasteiger charge is 2.15. The molecule has 0 bridgehead atoms. The molecule has 1 aromatic rings. The molecule has 16 heavy (non-hydrogen) atoms. The van der Waals surface area contributed by atoms with E-state index in [9.17, 15) is 4.79 Å². The van der Waals surface area contributed by atoms with E-state index in [2.05, 4.69) is 15.9 Å². The lowest BCUT2D eigenvalue weighted by atomic mass is 9.97. The Morgan fingerprint density at radius 2 is 2.25 bits per heavy atom. The highest BCUT2D eigenvalue weighted by Crippen LogP contribution is 2.24. The second-order valence-electron chi connectivity index (χ2n) is 3.75. The largest absolute Gasteiger partial charge is 0.481 e. The summed E-state index contributed by atoms with van der Waals surface area (Å²) in [6, 6.07) is 5.80. The second kappa shape index (κ2) is 6.01. The van der Waals surface area contributed by atoms with Crippen molar-refractivity contribution in [2.75, 3.05) is 7.11 Å². The van der Waals surface area contributed by atoms with Crippen LogP contribution in [0.5, 0.6) is 0 Å². The first-order valence-electron chi connectivity index (χ1n) is 5.04. The quantitative estimate of drug-likeness (QED) is 0.905. The molecule has 0 saturated heterocycles. The minimum absolute atomic E-state index is 0.394. The van der Waals surface area contributed by atoms with E-state index in [0.717, 1.165) is 15.6 Å². The molecule has 0 aromatic heterocycles. The van der Waals surface area contributed by atoms with Crippen molar-refractivity contribution in [3.63, 3.8) is 0 Å². The average Bonchev–Trinajstić information content (AvgIpc) is 2.23. The molecular formula is C12H15BrO3. The topological polar surface area (TPSA) is 46.5 Å². The van der Waals surface area contributed by atoms with Gasteiger partial charge in [-0.3, -0.25) is 4.79 Å². The molecule has 1 rings (SSSR count). The zero-order chi connectivity index (χ0) is 12.1. The number of hydrogen-bond acceptors (Lipinski definition) is 2. The molecular weight excluding hydrogens is 272 g/mol. The van der Waals surface area contributed by atoms with Crippen molar-refractivity contribution in [2.45, 2.75) is 20.0 Å². The van der Waals surface area contributed by atoms with Crippen LogP contribution in [0.1, 0.15) is 18.1 Å². The molecule has 1 N–H and O–H groups in total. The van der Waals surface area contributed by atoms with Crippen molar-refractivity contribution in [3.8, 4) is 0 Å². The predicted molar refractivity (Wildman–Crippen MR) is 65.4 cm³/mol. The van der Waals surface area contributed by atoms with E-state index in [4.69, 9.17) is 9.84 Å². The lowest BCUT2D eigenvalue weighted by molar-refractivity contribution is -0.141. The standard InChI is InChI=1S/C12H15BrO3/c1-8(12(14)15)6-10-9(7-16-2)4-3-5-11(10)13/h3-5,8H,6-7H2,1-2H3,(H,14,15). The first-order chi connectivity index (χ1) is 7.56. The molecule has 0 aliphatic rings. The van der Waals surface area contributed by atoms with Crippen LogP contribution < -0.4 is 0 Å². The molecule has 0 aliphatic carbocycles. The Hall–Kier alpha value is -0.870. The summed E-state index contributed by atoms with van der Waals surface area (Å²) in [6.07, 6.45) is 0.509. The summed E-state index contributed by atoms with van der Waals surface area (Å²) in [7, 11) is 1.63. The van der Waals surface area contributed by atoms with E-state index in [1.54, 1.807) is 14.0 Å². The van der Waals surface area contributed by atoms with Gasteiger partial charge in [0.25, 0.3) is 0 Å². The van der Waals surface area contributed by atoms with Gasteiger partial charge in [-0.25, -0.2) is 0 Å². The van der Waals surface area contributed by atoms with Crippen molar-refractivity contribution in [3.05, 3.63) is 33.8 Å². The minimum Gasteiger partial charge on any atom is -0.481 e. The summed E-state index contributed by atoms with van der Waals surface area (Å²) in [5, 5.41) is 8.91. The van der Waals surface area contributed by atoms with Crippen LogP contribution in [0, 0.1) is 5.92 Å². The first kappa shape index (κ1) is 13.2. The Morgan fingerprint density at radius 3 is 2.81 bits per heavy atom. The molecule has 4 heteroatoms. The van der Waals surface area contributed by atoms with Gasteiger partial charge in [0, 0.05) is 11.6 Å². The van der Waals surface area contributed by atoms with Gasteiger partial charge in [-0.15, -0.1) is 0 Å². The second-order valence-corrected chi connectivity index (χ2v) is 4.61. The molecule has 1 unspecified atom stereocenters. The fraction of sp³-hybridized carbons (Fsp3) is 0.417. The Balaban J connectivity index is 2.96. The normalized spacial score (nSPS) is 12.4. The molecule has 3 nitrogen and oxygen atoms in total. The molecule has 1 aromatic carbocycles. The van der Waals surface area contributed by atoms with E-state index >= 15 is 0 Å². The fourth-order valence-corrected chi connectivity index (χ4v) is 2.09. The Morgan fingerprint density at radius 1 is 1.56 bits per heavy atom. The lowest BCUT2D eigenvalue weighted by Crippen LogP contribution is -2.14. The number of carboxylic acids is 1. The van der Waals surface area contributed by atoms with Gasteiger partial charge >= 0.3 is 5.97 Å². The molecule has 0 saturated carbocycles. The molecule has 0 aliphatic heterocycles.